The second-order valence-electron chi connectivity index (χ2n) is 4.22. The summed E-state index contributed by atoms with van der Waals surface area (Å²) >= 11 is 5.29. The molecular formula is C15H13BrO2S. The minimum atomic E-state index is 0.632. The van der Waals surface area contributed by atoms with Gasteiger partial charge in [-0.05, 0) is 35.9 Å². The molecule has 4 heteroatoms. The predicted molar refractivity (Wildman–Crippen MR) is 81.1 cm³/mol. The van der Waals surface area contributed by atoms with Crippen molar-refractivity contribution >= 4 is 27.7 Å². The van der Waals surface area contributed by atoms with Gasteiger partial charge in [0.25, 0.3) is 0 Å². The summed E-state index contributed by atoms with van der Waals surface area (Å²) in [5, 5.41) is 0. The topological polar surface area (TPSA) is 18.5 Å². The number of fused-ring (bicyclic) bond motifs is 1. The van der Waals surface area contributed by atoms with Crippen LogP contribution in [0.5, 0.6) is 11.5 Å². The molecule has 19 heavy (non-hydrogen) atoms. The second-order valence-corrected chi connectivity index (χ2v) is 6.19. The lowest BCUT2D eigenvalue weighted by atomic mass is 10.2. The first kappa shape index (κ1) is 12.9. The smallest absolute Gasteiger partial charge is 0.162 e. The summed E-state index contributed by atoms with van der Waals surface area (Å²) in [6, 6.07) is 14.5. The number of rotatable bonds is 3. The highest BCUT2D eigenvalue weighted by Gasteiger charge is 2.11. The molecule has 2 nitrogen and oxygen atoms in total. The van der Waals surface area contributed by atoms with E-state index < -0.39 is 0 Å². The standard InChI is InChI=1S/C15H13BrO2S/c16-12-3-1-2-11(8-12)10-19-13-4-5-14-15(9-13)18-7-6-17-14/h1-5,8-9H,6-7,10H2. The van der Waals surface area contributed by atoms with Crippen LogP contribution in [-0.4, -0.2) is 13.2 Å². The first-order valence-corrected chi connectivity index (χ1v) is 7.86. The maximum Gasteiger partial charge on any atom is 0.162 e. The van der Waals surface area contributed by atoms with Crippen LogP contribution in [-0.2, 0) is 5.75 Å². The van der Waals surface area contributed by atoms with Gasteiger partial charge in [-0.25, -0.2) is 0 Å². The Morgan fingerprint density at radius 1 is 1.00 bits per heavy atom. The molecule has 98 valence electrons. The molecule has 2 aromatic rings. The van der Waals surface area contributed by atoms with Crippen molar-refractivity contribution < 1.29 is 9.47 Å². The second kappa shape index (κ2) is 5.88. The summed E-state index contributed by atoms with van der Waals surface area (Å²) in [4.78, 5) is 1.20. The maximum absolute atomic E-state index is 5.59. The molecule has 0 bridgehead atoms. The van der Waals surface area contributed by atoms with Gasteiger partial charge in [-0.1, -0.05) is 28.1 Å². The van der Waals surface area contributed by atoms with Crippen molar-refractivity contribution in [1.29, 1.82) is 0 Å². The molecule has 1 aliphatic heterocycles. The molecule has 0 radical (unpaired) electrons. The van der Waals surface area contributed by atoms with E-state index in [2.05, 4.69) is 46.3 Å². The molecule has 2 aromatic carbocycles. The maximum atomic E-state index is 5.59. The number of hydrogen-bond acceptors (Lipinski definition) is 3. The minimum absolute atomic E-state index is 0.632. The minimum Gasteiger partial charge on any atom is -0.486 e. The highest BCUT2D eigenvalue weighted by molar-refractivity contribution is 9.10. The molecule has 0 amide bonds. The summed E-state index contributed by atoms with van der Waals surface area (Å²) in [7, 11) is 0. The van der Waals surface area contributed by atoms with Gasteiger partial charge in [-0.2, -0.15) is 0 Å². The molecule has 0 aromatic heterocycles. The van der Waals surface area contributed by atoms with Crippen molar-refractivity contribution in [2.75, 3.05) is 13.2 Å². The van der Waals surface area contributed by atoms with Crippen molar-refractivity contribution in [1.82, 2.24) is 0 Å². The zero-order chi connectivity index (χ0) is 13.1. The quantitative estimate of drug-likeness (QED) is 0.768. The van der Waals surface area contributed by atoms with Crippen molar-refractivity contribution in [2.45, 2.75) is 10.6 Å². The molecule has 0 N–H and O–H groups in total. The van der Waals surface area contributed by atoms with Crippen molar-refractivity contribution in [3.8, 4) is 11.5 Å². The van der Waals surface area contributed by atoms with Gasteiger partial charge in [-0.15, -0.1) is 11.8 Å². The molecule has 0 unspecified atom stereocenters. The zero-order valence-corrected chi connectivity index (χ0v) is 12.7. The van der Waals surface area contributed by atoms with E-state index >= 15 is 0 Å². The first-order valence-electron chi connectivity index (χ1n) is 6.08. The predicted octanol–water partition coefficient (Wildman–Crippen LogP) is 4.51. The summed E-state index contributed by atoms with van der Waals surface area (Å²) < 4.78 is 12.2. The first-order chi connectivity index (χ1) is 9.31. The van der Waals surface area contributed by atoms with Gasteiger partial charge in [-0.3, -0.25) is 0 Å². The number of ether oxygens (including phenoxy) is 2. The van der Waals surface area contributed by atoms with Crippen LogP contribution in [0.15, 0.2) is 51.8 Å². The Balaban J connectivity index is 1.70. The number of hydrogen-bond donors (Lipinski definition) is 0. The Morgan fingerprint density at radius 2 is 1.84 bits per heavy atom. The van der Waals surface area contributed by atoms with E-state index in [0.29, 0.717) is 13.2 Å². The van der Waals surface area contributed by atoms with Crippen molar-refractivity contribution in [3.05, 3.63) is 52.5 Å². The Bertz CT molecular complexity index is 586. The molecule has 0 atom stereocenters. The third-order valence-corrected chi connectivity index (χ3v) is 4.37. The highest BCUT2D eigenvalue weighted by Crippen LogP contribution is 2.35. The van der Waals surface area contributed by atoms with Gasteiger partial charge in [0, 0.05) is 15.1 Å². The van der Waals surface area contributed by atoms with E-state index in [1.165, 1.54) is 10.5 Å². The van der Waals surface area contributed by atoms with E-state index in [0.717, 1.165) is 21.7 Å². The van der Waals surface area contributed by atoms with Crippen LogP contribution < -0.4 is 9.47 Å². The van der Waals surface area contributed by atoms with Gasteiger partial charge in [0.2, 0.25) is 0 Å². The molecule has 3 rings (SSSR count). The lowest BCUT2D eigenvalue weighted by molar-refractivity contribution is 0.171. The van der Waals surface area contributed by atoms with E-state index in [1.54, 1.807) is 11.8 Å². The molecule has 0 saturated carbocycles. The van der Waals surface area contributed by atoms with E-state index in [4.69, 9.17) is 9.47 Å². The van der Waals surface area contributed by atoms with E-state index in [-0.39, 0.29) is 0 Å². The van der Waals surface area contributed by atoms with Crippen LogP contribution in [0.2, 0.25) is 0 Å². The van der Waals surface area contributed by atoms with Crippen LogP contribution in [0.3, 0.4) is 0 Å². The fraction of sp³-hybridized carbons (Fsp3) is 0.200. The number of halogens is 1. The monoisotopic (exact) mass is 336 g/mol. The van der Waals surface area contributed by atoms with Crippen LogP contribution in [0, 0.1) is 0 Å². The van der Waals surface area contributed by atoms with E-state index in [9.17, 15) is 0 Å². The van der Waals surface area contributed by atoms with Gasteiger partial charge in [0.05, 0.1) is 0 Å². The fourth-order valence-electron chi connectivity index (χ4n) is 1.91. The largest absolute Gasteiger partial charge is 0.486 e. The average molecular weight is 337 g/mol. The third-order valence-electron chi connectivity index (χ3n) is 2.81. The molecule has 0 fully saturated rings. The third kappa shape index (κ3) is 3.25. The lowest BCUT2D eigenvalue weighted by Gasteiger charge is -2.18. The zero-order valence-electron chi connectivity index (χ0n) is 10.3. The van der Waals surface area contributed by atoms with Gasteiger partial charge >= 0.3 is 0 Å². The lowest BCUT2D eigenvalue weighted by Crippen LogP contribution is -2.15. The Kier molecular flexibility index (Phi) is 3.99. The normalized spacial score (nSPS) is 13.3. The number of benzene rings is 2. The van der Waals surface area contributed by atoms with Crippen LogP contribution >= 0.6 is 27.7 Å². The highest BCUT2D eigenvalue weighted by atomic mass is 79.9. The summed E-state index contributed by atoms with van der Waals surface area (Å²) in [6.45, 7) is 1.27. The van der Waals surface area contributed by atoms with Crippen molar-refractivity contribution in [3.63, 3.8) is 0 Å². The van der Waals surface area contributed by atoms with Crippen LogP contribution in [0.25, 0.3) is 0 Å². The average Bonchev–Trinajstić information content (AvgIpc) is 2.45. The molecule has 0 saturated heterocycles. The Labute approximate surface area is 125 Å². The summed E-state index contributed by atoms with van der Waals surface area (Å²) in [5.74, 6) is 2.64. The molecule has 1 aliphatic rings. The van der Waals surface area contributed by atoms with Gasteiger partial charge in [0.1, 0.15) is 13.2 Å². The Morgan fingerprint density at radius 3 is 2.68 bits per heavy atom. The molecule has 0 aliphatic carbocycles. The Hall–Kier alpha value is -1.13. The van der Waals surface area contributed by atoms with Crippen LogP contribution in [0.4, 0.5) is 0 Å². The van der Waals surface area contributed by atoms with Gasteiger partial charge in [0.15, 0.2) is 11.5 Å². The van der Waals surface area contributed by atoms with E-state index in [1.807, 2.05) is 12.1 Å². The number of thioether (sulfide) groups is 1. The molecule has 1 heterocycles. The summed E-state index contributed by atoms with van der Waals surface area (Å²) in [6.07, 6.45) is 0. The fourth-order valence-corrected chi connectivity index (χ4v) is 3.22. The molecule has 0 spiro atoms. The van der Waals surface area contributed by atoms with Crippen molar-refractivity contribution in [2.24, 2.45) is 0 Å². The van der Waals surface area contributed by atoms with Crippen LogP contribution in [0.1, 0.15) is 5.56 Å². The van der Waals surface area contributed by atoms with Gasteiger partial charge < -0.3 is 9.47 Å². The summed E-state index contributed by atoms with van der Waals surface area (Å²) in [5.41, 5.74) is 1.30. The SMILES string of the molecule is Brc1cccc(CSc2ccc3c(c2)OCCO3)c1. The molecular weight excluding hydrogens is 324 g/mol.